The molecule has 1 heterocycles. The summed E-state index contributed by atoms with van der Waals surface area (Å²) >= 11 is 6.08. The smallest absolute Gasteiger partial charge is 0.243 e. The maximum Gasteiger partial charge on any atom is 0.243 e. The highest BCUT2D eigenvalue weighted by Crippen LogP contribution is 2.30. The van der Waals surface area contributed by atoms with Gasteiger partial charge in [-0.2, -0.15) is 4.31 Å². The van der Waals surface area contributed by atoms with Crippen molar-refractivity contribution in [2.45, 2.75) is 25.7 Å². The maximum atomic E-state index is 12.6. The zero-order valence-electron chi connectivity index (χ0n) is 17.6. The van der Waals surface area contributed by atoms with Crippen molar-refractivity contribution in [2.24, 2.45) is 0 Å². The Hall–Kier alpha value is -2.88. The molecular formula is C21H25ClN6O2S. The molecule has 31 heavy (non-hydrogen) atoms. The number of hydrogen-bond donors (Lipinski definition) is 3. The first-order valence-corrected chi connectivity index (χ1v) is 11.6. The molecule has 0 saturated heterocycles. The Morgan fingerprint density at radius 3 is 2.23 bits per heavy atom. The van der Waals surface area contributed by atoms with Crippen molar-refractivity contribution < 1.29 is 8.42 Å². The molecule has 1 aromatic heterocycles. The predicted octanol–water partition coefficient (Wildman–Crippen LogP) is 4.54. The van der Waals surface area contributed by atoms with Crippen LogP contribution in [0.25, 0.3) is 0 Å². The number of nitrogens with two attached hydrogens (primary N) is 1. The van der Waals surface area contributed by atoms with E-state index in [1.54, 1.807) is 30.3 Å². The van der Waals surface area contributed by atoms with Crippen LogP contribution in [0, 0.1) is 6.92 Å². The van der Waals surface area contributed by atoms with Crippen LogP contribution < -0.4 is 16.4 Å². The number of nitrogens with one attached hydrogen (secondary N) is 2. The lowest BCUT2D eigenvalue weighted by Crippen LogP contribution is -2.30. The van der Waals surface area contributed by atoms with E-state index in [9.17, 15) is 8.42 Å². The number of anilines is 5. The lowest BCUT2D eigenvalue weighted by atomic mass is 10.2. The molecule has 0 bridgehead atoms. The van der Waals surface area contributed by atoms with E-state index in [2.05, 4.69) is 20.6 Å². The van der Waals surface area contributed by atoms with Gasteiger partial charge >= 0.3 is 0 Å². The number of nitrogen functional groups attached to an aromatic ring is 1. The third-order valence-electron chi connectivity index (χ3n) is 4.80. The molecule has 10 heteroatoms. The molecule has 0 unspecified atom stereocenters. The summed E-state index contributed by atoms with van der Waals surface area (Å²) in [6.07, 6.45) is 1.39. The van der Waals surface area contributed by atoms with Gasteiger partial charge in [-0.25, -0.2) is 18.4 Å². The summed E-state index contributed by atoms with van der Waals surface area (Å²) in [6.45, 7) is 6.40. The highest BCUT2D eigenvalue weighted by molar-refractivity contribution is 7.89. The molecule has 164 valence electrons. The minimum absolute atomic E-state index is 0.233. The normalized spacial score (nSPS) is 11.5. The Morgan fingerprint density at radius 2 is 1.61 bits per heavy atom. The standard InChI is InChI=1S/C21H25ClN6O2S/c1-4-28(5-2)31(29,30)17-10-8-16(9-11-17)26-20-19(23)21(25-13-24-20)27-18-12-15(22)7-6-14(18)3/h6-13H,4-5,23H2,1-3H3,(H2,24,25,26,27). The Balaban J connectivity index is 1.82. The van der Waals surface area contributed by atoms with Gasteiger partial charge in [0.15, 0.2) is 11.6 Å². The fourth-order valence-electron chi connectivity index (χ4n) is 3.01. The Kier molecular flexibility index (Phi) is 6.99. The largest absolute Gasteiger partial charge is 0.393 e. The van der Waals surface area contributed by atoms with E-state index in [4.69, 9.17) is 17.3 Å². The zero-order chi connectivity index (χ0) is 22.6. The van der Waals surface area contributed by atoms with E-state index in [0.29, 0.717) is 41.1 Å². The van der Waals surface area contributed by atoms with Gasteiger partial charge in [-0.3, -0.25) is 0 Å². The molecule has 0 aliphatic rings. The molecule has 0 fully saturated rings. The number of aromatic nitrogens is 2. The summed E-state index contributed by atoms with van der Waals surface area (Å²) in [5.41, 5.74) is 9.00. The van der Waals surface area contributed by atoms with Crippen molar-refractivity contribution in [1.82, 2.24) is 14.3 Å². The molecule has 2 aromatic carbocycles. The van der Waals surface area contributed by atoms with Crippen LogP contribution in [0.15, 0.2) is 53.7 Å². The lowest BCUT2D eigenvalue weighted by molar-refractivity contribution is 0.445. The molecule has 0 aliphatic carbocycles. The lowest BCUT2D eigenvalue weighted by Gasteiger charge is -2.18. The van der Waals surface area contributed by atoms with Gasteiger partial charge < -0.3 is 16.4 Å². The molecule has 0 radical (unpaired) electrons. The number of halogens is 1. The molecule has 0 atom stereocenters. The average Bonchev–Trinajstić information content (AvgIpc) is 2.74. The number of hydrogen-bond acceptors (Lipinski definition) is 7. The van der Waals surface area contributed by atoms with Crippen LogP contribution in [0.5, 0.6) is 0 Å². The SMILES string of the molecule is CCN(CC)S(=O)(=O)c1ccc(Nc2ncnc(Nc3cc(Cl)ccc3C)c2N)cc1. The molecule has 0 amide bonds. The van der Waals surface area contributed by atoms with Gasteiger partial charge in [-0.05, 0) is 48.9 Å². The summed E-state index contributed by atoms with van der Waals surface area (Å²) in [4.78, 5) is 8.65. The van der Waals surface area contributed by atoms with Crippen LogP contribution >= 0.6 is 11.6 Å². The summed E-state index contributed by atoms with van der Waals surface area (Å²) in [5, 5.41) is 6.88. The Labute approximate surface area is 187 Å². The quantitative estimate of drug-likeness (QED) is 0.452. The number of aryl methyl sites for hydroxylation is 1. The highest BCUT2D eigenvalue weighted by atomic mass is 35.5. The summed E-state index contributed by atoms with van der Waals surface area (Å²) in [5.74, 6) is 0.833. The highest BCUT2D eigenvalue weighted by Gasteiger charge is 2.21. The fourth-order valence-corrected chi connectivity index (χ4v) is 4.64. The second-order valence-electron chi connectivity index (χ2n) is 6.81. The monoisotopic (exact) mass is 460 g/mol. The van der Waals surface area contributed by atoms with Gasteiger partial charge in [-0.1, -0.05) is 31.5 Å². The number of sulfonamides is 1. The van der Waals surface area contributed by atoms with E-state index in [0.717, 1.165) is 11.3 Å². The van der Waals surface area contributed by atoms with Gasteiger partial charge in [0.25, 0.3) is 0 Å². The zero-order valence-corrected chi connectivity index (χ0v) is 19.1. The number of benzene rings is 2. The molecule has 4 N–H and O–H groups in total. The van der Waals surface area contributed by atoms with Crippen LogP contribution in [-0.2, 0) is 10.0 Å². The van der Waals surface area contributed by atoms with Gasteiger partial charge in [-0.15, -0.1) is 0 Å². The summed E-state index contributed by atoms with van der Waals surface area (Å²) in [6, 6.07) is 12.0. The first-order valence-electron chi connectivity index (χ1n) is 9.77. The number of nitrogens with zero attached hydrogens (tertiary/aromatic N) is 3. The van der Waals surface area contributed by atoms with E-state index in [1.165, 1.54) is 10.6 Å². The van der Waals surface area contributed by atoms with Crippen molar-refractivity contribution in [3.63, 3.8) is 0 Å². The molecule has 3 aromatic rings. The second kappa shape index (κ2) is 9.51. The molecule has 8 nitrogen and oxygen atoms in total. The van der Waals surface area contributed by atoms with Crippen LogP contribution in [0.3, 0.4) is 0 Å². The van der Waals surface area contributed by atoms with Crippen LogP contribution in [0.1, 0.15) is 19.4 Å². The Morgan fingerprint density at radius 1 is 1.00 bits per heavy atom. The summed E-state index contributed by atoms with van der Waals surface area (Å²) in [7, 11) is -3.51. The van der Waals surface area contributed by atoms with E-state index in [1.807, 2.05) is 32.9 Å². The first kappa shape index (κ1) is 22.8. The van der Waals surface area contributed by atoms with Crippen molar-refractivity contribution >= 4 is 50.3 Å². The van der Waals surface area contributed by atoms with E-state index < -0.39 is 10.0 Å². The first-order chi connectivity index (χ1) is 14.8. The van der Waals surface area contributed by atoms with Gasteiger partial charge in [0.2, 0.25) is 10.0 Å². The van der Waals surface area contributed by atoms with Gasteiger partial charge in [0, 0.05) is 29.5 Å². The molecule has 0 spiro atoms. The third-order valence-corrected chi connectivity index (χ3v) is 7.10. The van der Waals surface area contributed by atoms with Crippen LogP contribution in [0.4, 0.5) is 28.7 Å². The molecule has 3 rings (SSSR count). The second-order valence-corrected chi connectivity index (χ2v) is 9.18. The molecule has 0 aliphatic heterocycles. The molecular weight excluding hydrogens is 436 g/mol. The van der Waals surface area contributed by atoms with E-state index >= 15 is 0 Å². The van der Waals surface area contributed by atoms with Gasteiger partial charge in [0.1, 0.15) is 12.0 Å². The van der Waals surface area contributed by atoms with Crippen molar-refractivity contribution in [3.8, 4) is 0 Å². The van der Waals surface area contributed by atoms with Crippen LogP contribution in [0.2, 0.25) is 5.02 Å². The maximum absolute atomic E-state index is 12.6. The minimum atomic E-state index is -3.51. The van der Waals surface area contributed by atoms with E-state index in [-0.39, 0.29) is 4.90 Å². The average molecular weight is 461 g/mol. The van der Waals surface area contributed by atoms with Crippen molar-refractivity contribution in [2.75, 3.05) is 29.5 Å². The third kappa shape index (κ3) is 5.07. The molecule has 0 saturated carbocycles. The van der Waals surface area contributed by atoms with Crippen molar-refractivity contribution in [1.29, 1.82) is 0 Å². The number of rotatable bonds is 8. The Bertz CT molecular complexity index is 1160. The van der Waals surface area contributed by atoms with Crippen molar-refractivity contribution in [3.05, 3.63) is 59.4 Å². The summed E-state index contributed by atoms with van der Waals surface area (Å²) < 4.78 is 26.7. The van der Waals surface area contributed by atoms with Crippen LogP contribution in [-0.4, -0.2) is 35.8 Å². The fraction of sp³-hybridized carbons (Fsp3) is 0.238. The van der Waals surface area contributed by atoms with Gasteiger partial charge in [0.05, 0.1) is 4.90 Å². The predicted molar refractivity (Wildman–Crippen MR) is 126 cm³/mol. The topological polar surface area (TPSA) is 113 Å². The minimum Gasteiger partial charge on any atom is -0.393 e.